The van der Waals surface area contributed by atoms with Gasteiger partial charge in [-0.2, -0.15) is 0 Å². The number of para-hydroxylation sites is 2. The molecule has 86 valence electrons. The fourth-order valence-electron chi connectivity index (χ4n) is 1.72. The summed E-state index contributed by atoms with van der Waals surface area (Å²) in [7, 11) is 0. The van der Waals surface area contributed by atoms with E-state index < -0.39 is 0 Å². The van der Waals surface area contributed by atoms with Crippen molar-refractivity contribution in [3.63, 3.8) is 0 Å². The lowest BCUT2D eigenvalue weighted by Crippen LogP contribution is -2.11. The predicted molar refractivity (Wildman–Crippen MR) is 67.3 cm³/mol. The van der Waals surface area contributed by atoms with Crippen molar-refractivity contribution in [2.24, 2.45) is 0 Å². The molecule has 1 aliphatic heterocycles. The minimum atomic E-state index is 0.188. The molecule has 17 heavy (non-hydrogen) atoms. The molecule has 3 nitrogen and oxygen atoms in total. The quantitative estimate of drug-likeness (QED) is 0.768. The molecule has 0 radical (unpaired) electrons. The van der Waals surface area contributed by atoms with E-state index in [4.69, 9.17) is 21.1 Å². The van der Waals surface area contributed by atoms with Crippen LogP contribution in [0.2, 0.25) is 5.02 Å². The Bertz CT molecular complexity index is 557. The van der Waals surface area contributed by atoms with Crippen molar-refractivity contribution in [3.05, 3.63) is 47.5 Å². The maximum atomic E-state index is 5.97. The second-order valence-electron chi connectivity index (χ2n) is 3.67. The molecule has 0 unspecified atom stereocenters. The van der Waals surface area contributed by atoms with Crippen molar-refractivity contribution in [1.29, 1.82) is 0 Å². The van der Waals surface area contributed by atoms with Crippen molar-refractivity contribution >= 4 is 23.0 Å². The van der Waals surface area contributed by atoms with Gasteiger partial charge in [0.1, 0.15) is 11.5 Å². The minimum Gasteiger partial charge on any atom is -0.455 e. The second kappa shape index (κ2) is 4.18. The Hall–Kier alpha value is -1.87. The maximum Gasteiger partial charge on any atom is 0.231 e. The summed E-state index contributed by atoms with van der Waals surface area (Å²) in [4.78, 5) is 0. The number of rotatable bonds is 0. The first kappa shape index (κ1) is 10.3. The zero-order chi connectivity index (χ0) is 11.7. The molecule has 1 heterocycles. The Morgan fingerprint density at radius 2 is 1.71 bits per heavy atom. The van der Waals surface area contributed by atoms with Crippen LogP contribution in [0, 0.1) is 0 Å². The third kappa shape index (κ3) is 2.01. The van der Waals surface area contributed by atoms with Crippen LogP contribution >= 0.6 is 11.6 Å². The average molecular weight is 248 g/mol. The second-order valence-corrected chi connectivity index (χ2v) is 4.10. The Kier molecular flexibility index (Phi) is 2.53. The highest BCUT2D eigenvalue weighted by Crippen LogP contribution is 2.35. The summed E-state index contributed by atoms with van der Waals surface area (Å²) in [6, 6.07) is 13.1. The Balaban J connectivity index is 2.07. The van der Waals surface area contributed by atoms with Gasteiger partial charge in [-0.1, -0.05) is 23.7 Å². The third-order valence-corrected chi connectivity index (χ3v) is 2.76. The van der Waals surface area contributed by atoms with Crippen molar-refractivity contribution < 1.29 is 9.47 Å². The first-order chi connectivity index (χ1) is 8.33. The van der Waals surface area contributed by atoms with Gasteiger partial charge in [-0.3, -0.25) is 0 Å². The highest BCUT2D eigenvalue weighted by molar-refractivity contribution is 6.31. The molecule has 2 aromatic rings. The van der Waals surface area contributed by atoms with Crippen LogP contribution in [0.3, 0.4) is 0 Å². The van der Waals surface area contributed by atoms with Gasteiger partial charge in [-0.25, -0.2) is 0 Å². The number of halogens is 1. The van der Waals surface area contributed by atoms with Crippen LogP contribution in [0.25, 0.3) is 0 Å². The summed E-state index contributed by atoms with van der Waals surface area (Å²) in [5.41, 5.74) is 1.74. The molecule has 0 spiro atoms. The SMILES string of the molecule is Clc1ccc2c(c1)Nc1ccccc1OCO2. The molecule has 0 aliphatic carbocycles. The van der Waals surface area contributed by atoms with Crippen LogP contribution in [0.15, 0.2) is 42.5 Å². The maximum absolute atomic E-state index is 5.97. The van der Waals surface area contributed by atoms with Gasteiger partial charge in [0.05, 0.1) is 11.4 Å². The summed E-state index contributed by atoms with van der Waals surface area (Å²) < 4.78 is 11.0. The molecule has 4 heteroatoms. The smallest absolute Gasteiger partial charge is 0.231 e. The van der Waals surface area contributed by atoms with Crippen molar-refractivity contribution in [2.45, 2.75) is 0 Å². The first-order valence-corrected chi connectivity index (χ1v) is 5.62. The van der Waals surface area contributed by atoms with Gasteiger partial charge in [0, 0.05) is 5.02 Å². The highest BCUT2D eigenvalue weighted by Gasteiger charge is 2.12. The molecule has 2 aromatic carbocycles. The van der Waals surface area contributed by atoms with E-state index in [0.29, 0.717) is 5.02 Å². The molecule has 1 N–H and O–H groups in total. The number of ether oxygens (including phenoxy) is 2. The molecule has 0 atom stereocenters. The lowest BCUT2D eigenvalue weighted by atomic mass is 10.2. The fraction of sp³-hybridized carbons (Fsp3) is 0.0769. The Morgan fingerprint density at radius 3 is 2.59 bits per heavy atom. The van der Waals surface area contributed by atoms with E-state index in [2.05, 4.69) is 5.32 Å². The van der Waals surface area contributed by atoms with E-state index in [-0.39, 0.29) is 6.79 Å². The molecule has 0 saturated heterocycles. The molecule has 0 bridgehead atoms. The van der Waals surface area contributed by atoms with Crippen LogP contribution in [0.5, 0.6) is 11.5 Å². The first-order valence-electron chi connectivity index (χ1n) is 5.24. The predicted octanol–water partition coefficient (Wildman–Crippen LogP) is 3.81. The molecular formula is C13H10ClNO2. The molecule has 1 aliphatic rings. The molecule has 0 saturated carbocycles. The lowest BCUT2D eigenvalue weighted by molar-refractivity contribution is 0.120. The van der Waals surface area contributed by atoms with E-state index in [1.807, 2.05) is 36.4 Å². The molecule has 0 fully saturated rings. The Labute approximate surface area is 104 Å². The Morgan fingerprint density at radius 1 is 0.941 bits per heavy atom. The van der Waals surface area contributed by atoms with E-state index in [1.54, 1.807) is 6.07 Å². The fourth-order valence-corrected chi connectivity index (χ4v) is 1.90. The molecular weight excluding hydrogens is 238 g/mol. The van der Waals surface area contributed by atoms with Gasteiger partial charge in [-0.15, -0.1) is 0 Å². The number of benzene rings is 2. The third-order valence-electron chi connectivity index (χ3n) is 2.53. The largest absolute Gasteiger partial charge is 0.455 e. The van der Waals surface area contributed by atoms with E-state index in [9.17, 15) is 0 Å². The number of anilines is 2. The zero-order valence-corrected chi connectivity index (χ0v) is 9.70. The van der Waals surface area contributed by atoms with Crippen molar-refractivity contribution in [1.82, 2.24) is 0 Å². The summed E-state index contributed by atoms with van der Waals surface area (Å²) >= 11 is 5.97. The van der Waals surface area contributed by atoms with Gasteiger partial charge >= 0.3 is 0 Å². The van der Waals surface area contributed by atoms with Crippen LogP contribution in [-0.2, 0) is 0 Å². The van der Waals surface area contributed by atoms with Crippen molar-refractivity contribution in [3.8, 4) is 11.5 Å². The van der Waals surface area contributed by atoms with E-state index in [1.165, 1.54) is 0 Å². The average Bonchev–Trinajstić information content (AvgIpc) is 2.31. The zero-order valence-electron chi connectivity index (χ0n) is 8.94. The van der Waals surface area contributed by atoms with E-state index in [0.717, 1.165) is 22.9 Å². The molecule has 0 amide bonds. The summed E-state index contributed by atoms with van der Waals surface area (Å²) in [5, 5.41) is 3.91. The van der Waals surface area contributed by atoms with Gasteiger partial charge in [-0.05, 0) is 30.3 Å². The van der Waals surface area contributed by atoms with Crippen LogP contribution in [0.4, 0.5) is 11.4 Å². The lowest BCUT2D eigenvalue weighted by Gasteiger charge is -2.20. The summed E-state index contributed by atoms with van der Waals surface area (Å²) in [6.45, 7) is 0.188. The standard InChI is InChI=1S/C13H10ClNO2/c14-9-5-6-13-11(7-9)15-10-3-1-2-4-12(10)16-8-17-13/h1-7,15H,8H2. The van der Waals surface area contributed by atoms with Crippen LogP contribution in [-0.4, -0.2) is 6.79 Å². The van der Waals surface area contributed by atoms with Gasteiger partial charge in [0.15, 0.2) is 0 Å². The van der Waals surface area contributed by atoms with Gasteiger partial charge in [0.25, 0.3) is 0 Å². The van der Waals surface area contributed by atoms with Gasteiger partial charge in [0.2, 0.25) is 6.79 Å². The number of nitrogens with one attached hydrogen (secondary N) is 1. The van der Waals surface area contributed by atoms with E-state index >= 15 is 0 Å². The number of hydrogen-bond acceptors (Lipinski definition) is 3. The monoisotopic (exact) mass is 247 g/mol. The normalized spacial score (nSPS) is 13.0. The minimum absolute atomic E-state index is 0.188. The van der Waals surface area contributed by atoms with Gasteiger partial charge < -0.3 is 14.8 Å². The van der Waals surface area contributed by atoms with Crippen LogP contribution in [0.1, 0.15) is 0 Å². The summed E-state index contributed by atoms with van der Waals surface area (Å²) in [6.07, 6.45) is 0. The topological polar surface area (TPSA) is 30.5 Å². The van der Waals surface area contributed by atoms with Crippen LogP contribution < -0.4 is 14.8 Å². The molecule has 0 aromatic heterocycles. The molecule has 3 rings (SSSR count). The number of hydrogen-bond donors (Lipinski definition) is 1. The highest BCUT2D eigenvalue weighted by atomic mass is 35.5. The van der Waals surface area contributed by atoms with Crippen molar-refractivity contribution in [2.75, 3.05) is 12.1 Å². The number of fused-ring (bicyclic) bond motifs is 2. The summed E-state index contributed by atoms with van der Waals surface area (Å²) in [5.74, 6) is 1.49.